The monoisotopic (exact) mass is 289 g/mol. The molecule has 1 aliphatic rings. The number of nitrogens with one attached hydrogen (secondary N) is 1. The molecule has 1 fully saturated rings. The fraction of sp³-hybridized carbons (Fsp3) is 0.400. The molecule has 0 aromatic heterocycles. The minimum atomic E-state index is -3.20. The van der Waals surface area contributed by atoms with E-state index in [9.17, 15) is 8.42 Å². The molecular weight excluding hydrogens is 278 g/mol. The van der Waals surface area contributed by atoms with Crippen LogP contribution >= 0.6 is 15.9 Å². The Hall–Kier alpha value is -0.390. The molecule has 1 saturated heterocycles. The lowest BCUT2D eigenvalue weighted by atomic mass is 10.4. The second-order valence-electron chi connectivity index (χ2n) is 3.59. The van der Waals surface area contributed by atoms with Crippen LogP contribution in [0.2, 0.25) is 0 Å². The third-order valence-electron chi connectivity index (χ3n) is 2.51. The lowest BCUT2D eigenvalue weighted by Crippen LogP contribution is -2.30. The van der Waals surface area contributed by atoms with Crippen LogP contribution in [0.5, 0.6) is 0 Å². The normalized spacial score (nSPS) is 21.8. The van der Waals surface area contributed by atoms with Crippen molar-refractivity contribution in [3.8, 4) is 0 Å². The summed E-state index contributed by atoms with van der Waals surface area (Å²) in [6, 6.07) is 6.85. The first-order valence-corrected chi connectivity index (χ1v) is 7.17. The Balaban J connectivity index is 2.36. The molecule has 1 atom stereocenters. The van der Waals surface area contributed by atoms with Crippen molar-refractivity contribution in [2.24, 2.45) is 0 Å². The van der Waals surface area contributed by atoms with E-state index in [-0.39, 0.29) is 0 Å². The van der Waals surface area contributed by atoms with Crippen molar-refractivity contribution in [2.75, 3.05) is 6.54 Å². The van der Waals surface area contributed by atoms with Gasteiger partial charge in [0.15, 0.2) is 9.84 Å². The van der Waals surface area contributed by atoms with Crippen molar-refractivity contribution in [1.82, 2.24) is 5.32 Å². The summed E-state index contributed by atoms with van der Waals surface area (Å²) in [5, 5.41) is 2.60. The SMILES string of the molecule is O=S(=O)(c1cccc(Br)c1)C1CCCN1. The maximum absolute atomic E-state index is 12.1. The third-order valence-corrected chi connectivity index (χ3v) is 5.07. The van der Waals surface area contributed by atoms with Crippen molar-refractivity contribution >= 4 is 25.8 Å². The number of halogens is 1. The summed E-state index contributed by atoms with van der Waals surface area (Å²) in [6.07, 6.45) is 1.63. The first-order chi connectivity index (χ1) is 7.10. The molecule has 1 aromatic carbocycles. The van der Waals surface area contributed by atoms with Gasteiger partial charge in [-0.2, -0.15) is 0 Å². The first-order valence-electron chi connectivity index (χ1n) is 4.83. The van der Waals surface area contributed by atoms with Gasteiger partial charge in [0.1, 0.15) is 5.37 Å². The summed E-state index contributed by atoms with van der Waals surface area (Å²) < 4.78 is 25.0. The first kappa shape index (κ1) is 11.1. The molecule has 1 heterocycles. The van der Waals surface area contributed by atoms with Crippen LogP contribution in [0.3, 0.4) is 0 Å². The lowest BCUT2D eigenvalue weighted by molar-refractivity contribution is 0.571. The summed E-state index contributed by atoms with van der Waals surface area (Å²) in [7, 11) is -3.20. The summed E-state index contributed by atoms with van der Waals surface area (Å²) >= 11 is 3.28. The molecule has 5 heteroatoms. The van der Waals surface area contributed by atoms with Crippen LogP contribution in [-0.4, -0.2) is 20.3 Å². The van der Waals surface area contributed by atoms with Gasteiger partial charge in [-0.25, -0.2) is 8.42 Å². The Labute approximate surface area is 97.9 Å². The minimum absolute atomic E-state index is 0.385. The second kappa shape index (κ2) is 4.23. The Bertz CT molecular complexity index is 452. The molecule has 0 radical (unpaired) electrons. The van der Waals surface area contributed by atoms with Crippen molar-refractivity contribution in [1.29, 1.82) is 0 Å². The molecule has 15 heavy (non-hydrogen) atoms. The zero-order valence-corrected chi connectivity index (χ0v) is 10.5. The highest BCUT2D eigenvalue weighted by atomic mass is 79.9. The third kappa shape index (κ3) is 2.24. The van der Waals surface area contributed by atoms with E-state index in [2.05, 4.69) is 21.2 Å². The van der Waals surface area contributed by atoms with E-state index >= 15 is 0 Å². The topological polar surface area (TPSA) is 46.2 Å². The Morgan fingerprint density at radius 1 is 1.40 bits per heavy atom. The Morgan fingerprint density at radius 3 is 2.80 bits per heavy atom. The molecular formula is C10H12BrNO2S. The van der Waals surface area contributed by atoms with Gasteiger partial charge in [-0.3, -0.25) is 0 Å². The lowest BCUT2D eigenvalue weighted by Gasteiger charge is -2.11. The maximum Gasteiger partial charge on any atom is 0.194 e. The fourth-order valence-corrected chi connectivity index (χ4v) is 3.98. The highest BCUT2D eigenvalue weighted by Gasteiger charge is 2.29. The van der Waals surface area contributed by atoms with Crippen LogP contribution in [0.4, 0.5) is 0 Å². The van der Waals surface area contributed by atoms with E-state index in [1.807, 2.05) is 6.07 Å². The molecule has 0 saturated carbocycles. The van der Waals surface area contributed by atoms with Gasteiger partial charge in [-0.1, -0.05) is 22.0 Å². The van der Waals surface area contributed by atoms with Crippen molar-refractivity contribution in [3.05, 3.63) is 28.7 Å². The molecule has 1 N–H and O–H groups in total. The van der Waals surface area contributed by atoms with Gasteiger partial charge in [-0.05, 0) is 37.6 Å². The zero-order valence-electron chi connectivity index (χ0n) is 8.11. The number of hydrogen-bond donors (Lipinski definition) is 1. The average Bonchev–Trinajstić information content (AvgIpc) is 2.71. The van der Waals surface area contributed by atoms with Gasteiger partial charge >= 0.3 is 0 Å². The van der Waals surface area contributed by atoms with Gasteiger partial charge in [0, 0.05) is 4.47 Å². The summed E-state index contributed by atoms with van der Waals surface area (Å²) in [6.45, 7) is 0.790. The summed E-state index contributed by atoms with van der Waals surface area (Å²) in [5.41, 5.74) is 0. The molecule has 0 spiro atoms. The maximum atomic E-state index is 12.1. The Kier molecular flexibility index (Phi) is 3.13. The van der Waals surface area contributed by atoms with Gasteiger partial charge in [0.05, 0.1) is 4.90 Å². The number of sulfone groups is 1. The van der Waals surface area contributed by atoms with Gasteiger partial charge < -0.3 is 5.32 Å². The van der Waals surface area contributed by atoms with Crippen LogP contribution in [0.1, 0.15) is 12.8 Å². The molecule has 82 valence electrons. The van der Waals surface area contributed by atoms with E-state index in [1.165, 1.54) is 0 Å². The number of hydrogen-bond acceptors (Lipinski definition) is 3. The van der Waals surface area contributed by atoms with E-state index in [0.29, 0.717) is 11.3 Å². The number of rotatable bonds is 2. The van der Waals surface area contributed by atoms with Crippen molar-refractivity contribution in [2.45, 2.75) is 23.1 Å². The largest absolute Gasteiger partial charge is 0.301 e. The van der Waals surface area contributed by atoms with E-state index in [0.717, 1.165) is 17.4 Å². The Morgan fingerprint density at radius 2 is 2.20 bits per heavy atom. The average molecular weight is 290 g/mol. The summed E-state index contributed by atoms with van der Waals surface area (Å²) in [5.74, 6) is 0. The molecule has 0 amide bonds. The number of benzene rings is 1. The minimum Gasteiger partial charge on any atom is -0.301 e. The highest BCUT2D eigenvalue weighted by Crippen LogP contribution is 2.23. The molecule has 0 bridgehead atoms. The standard InChI is InChI=1S/C10H12BrNO2S/c11-8-3-1-4-9(7-8)15(13,14)10-5-2-6-12-10/h1,3-4,7,10,12H,2,5-6H2. The van der Waals surface area contributed by atoms with Crippen LogP contribution in [0.25, 0.3) is 0 Å². The predicted octanol–water partition coefficient (Wildman–Crippen LogP) is 1.93. The van der Waals surface area contributed by atoms with E-state index in [4.69, 9.17) is 0 Å². The summed E-state index contributed by atoms with van der Waals surface area (Å²) in [4.78, 5) is 0.385. The smallest absolute Gasteiger partial charge is 0.194 e. The van der Waals surface area contributed by atoms with Crippen LogP contribution in [-0.2, 0) is 9.84 Å². The van der Waals surface area contributed by atoms with Crippen molar-refractivity contribution < 1.29 is 8.42 Å². The van der Waals surface area contributed by atoms with E-state index < -0.39 is 15.2 Å². The van der Waals surface area contributed by atoms with Gasteiger partial charge in [0.25, 0.3) is 0 Å². The fourth-order valence-electron chi connectivity index (χ4n) is 1.73. The molecule has 0 aliphatic carbocycles. The molecule has 1 aromatic rings. The second-order valence-corrected chi connectivity index (χ2v) is 6.63. The predicted molar refractivity (Wildman–Crippen MR) is 62.4 cm³/mol. The molecule has 2 rings (SSSR count). The zero-order chi connectivity index (χ0) is 10.9. The molecule has 3 nitrogen and oxygen atoms in total. The van der Waals surface area contributed by atoms with Gasteiger partial charge in [-0.15, -0.1) is 0 Å². The van der Waals surface area contributed by atoms with Crippen LogP contribution in [0.15, 0.2) is 33.6 Å². The van der Waals surface area contributed by atoms with Crippen LogP contribution in [0, 0.1) is 0 Å². The highest BCUT2D eigenvalue weighted by molar-refractivity contribution is 9.10. The van der Waals surface area contributed by atoms with E-state index in [1.54, 1.807) is 18.2 Å². The molecule has 1 unspecified atom stereocenters. The van der Waals surface area contributed by atoms with Crippen LogP contribution < -0.4 is 5.32 Å². The molecule has 1 aliphatic heterocycles. The van der Waals surface area contributed by atoms with Crippen molar-refractivity contribution in [3.63, 3.8) is 0 Å². The quantitative estimate of drug-likeness (QED) is 0.905. The van der Waals surface area contributed by atoms with Gasteiger partial charge in [0.2, 0.25) is 0 Å².